The van der Waals surface area contributed by atoms with Crippen molar-refractivity contribution in [1.29, 1.82) is 0 Å². The summed E-state index contributed by atoms with van der Waals surface area (Å²) < 4.78 is 0. The number of hydrogen-bond donors (Lipinski definition) is 3. The largest absolute Gasteiger partial charge is 0.356 e. The normalized spacial score (nSPS) is 12.5. The Balaban J connectivity index is 3.23. The van der Waals surface area contributed by atoms with Crippen LogP contribution in [0.5, 0.6) is 0 Å². The number of rotatable bonds is 23. The lowest BCUT2D eigenvalue weighted by Crippen LogP contribution is -2.24. The second kappa shape index (κ2) is 25.2. The van der Waals surface area contributed by atoms with Gasteiger partial charge in [-0.2, -0.15) is 25.3 Å². The van der Waals surface area contributed by atoms with Crippen LogP contribution in [0.3, 0.4) is 0 Å². The first-order chi connectivity index (χ1) is 14.7. The van der Waals surface area contributed by atoms with Gasteiger partial charge in [-0.15, -0.1) is 0 Å². The van der Waals surface area contributed by atoms with Crippen molar-refractivity contribution >= 4 is 31.2 Å². The average Bonchev–Trinajstić information content (AvgIpc) is 2.73. The van der Waals surface area contributed by atoms with Gasteiger partial charge in [0.1, 0.15) is 0 Å². The van der Waals surface area contributed by atoms with Crippen molar-refractivity contribution < 1.29 is 4.79 Å². The molecule has 0 aliphatic carbocycles. The third-order valence-corrected chi connectivity index (χ3v) is 6.44. The lowest BCUT2D eigenvalue weighted by Gasteiger charge is -2.08. The Morgan fingerprint density at radius 3 is 1.93 bits per heavy atom. The summed E-state index contributed by atoms with van der Waals surface area (Å²) in [7, 11) is 0. The van der Waals surface area contributed by atoms with Crippen molar-refractivity contribution in [2.45, 2.75) is 134 Å². The minimum absolute atomic E-state index is 0.215. The molecule has 1 atom stereocenters. The van der Waals surface area contributed by atoms with Gasteiger partial charge in [0.25, 0.3) is 0 Å². The van der Waals surface area contributed by atoms with Crippen LogP contribution in [0, 0.1) is 0 Å². The first-order valence-corrected chi connectivity index (χ1v) is 14.1. The van der Waals surface area contributed by atoms with Crippen LogP contribution in [-0.4, -0.2) is 23.5 Å². The molecule has 0 rings (SSSR count). The summed E-state index contributed by atoms with van der Waals surface area (Å²) in [5, 5.41) is 3.50. The first kappa shape index (κ1) is 29.9. The fourth-order valence-corrected chi connectivity index (χ4v) is 4.47. The summed E-state index contributed by atoms with van der Waals surface area (Å²) in [4.78, 5) is 11.8. The minimum atomic E-state index is 0.215. The van der Waals surface area contributed by atoms with E-state index in [1.165, 1.54) is 83.5 Å². The molecule has 0 aliphatic rings. The van der Waals surface area contributed by atoms with Crippen molar-refractivity contribution in [1.82, 2.24) is 5.32 Å². The highest BCUT2D eigenvalue weighted by molar-refractivity contribution is 7.81. The summed E-state index contributed by atoms with van der Waals surface area (Å²) in [6, 6.07) is 0. The van der Waals surface area contributed by atoms with Gasteiger partial charge < -0.3 is 5.32 Å². The maximum absolute atomic E-state index is 11.8. The molecule has 0 spiro atoms. The van der Waals surface area contributed by atoms with Gasteiger partial charge >= 0.3 is 0 Å². The predicted octanol–water partition coefficient (Wildman–Crippen LogP) is 8.32. The monoisotopic (exact) mass is 457 g/mol. The molecule has 0 bridgehead atoms. The van der Waals surface area contributed by atoms with Gasteiger partial charge in [-0.1, -0.05) is 83.3 Å². The van der Waals surface area contributed by atoms with Gasteiger partial charge in [0.05, 0.1) is 0 Å². The van der Waals surface area contributed by atoms with Gasteiger partial charge in [-0.25, -0.2) is 0 Å². The highest BCUT2D eigenvalue weighted by Crippen LogP contribution is 2.13. The maximum Gasteiger partial charge on any atom is 0.219 e. The van der Waals surface area contributed by atoms with E-state index in [0.717, 1.165) is 44.4 Å². The highest BCUT2D eigenvalue weighted by atomic mass is 32.1. The van der Waals surface area contributed by atoms with Crippen LogP contribution in [0.1, 0.15) is 129 Å². The molecule has 0 aromatic rings. The van der Waals surface area contributed by atoms with Crippen LogP contribution in [0.15, 0.2) is 12.2 Å². The van der Waals surface area contributed by atoms with E-state index in [0.29, 0.717) is 11.7 Å². The third-order valence-electron chi connectivity index (χ3n) is 5.66. The Morgan fingerprint density at radius 1 is 0.767 bits per heavy atom. The molecule has 4 heteroatoms. The van der Waals surface area contributed by atoms with Gasteiger partial charge in [-0.05, 0) is 57.1 Å². The predicted molar refractivity (Wildman–Crippen MR) is 142 cm³/mol. The van der Waals surface area contributed by atoms with E-state index >= 15 is 0 Å². The average molecular weight is 458 g/mol. The molecule has 0 radical (unpaired) electrons. The van der Waals surface area contributed by atoms with Crippen LogP contribution in [0.2, 0.25) is 0 Å². The molecule has 0 aliphatic heterocycles. The number of carbonyl (C=O) groups excluding carboxylic acids is 1. The lowest BCUT2D eigenvalue weighted by molar-refractivity contribution is -0.121. The zero-order chi connectivity index (χ0) is 22.1. The molecule has 0 saturated carbocycles. The number of amides is 1. The Labute approximate surface area is 199 Å². The van der Waals surface area contributed by atoms with Crippen LogP contribution >= 0.6 is 25.3 Å². The SMILES string of the molecule is CCCCCCCC/C=C/CCCCCCCCNC(=O)CCCCC(S)CCS. The molecule has 1 unspecified atom stereocenters. The number of allylic oxidation sites excluding steroid dienone is 2. The highest BCUT2D eigenvalue weighted by Gasteiger charge is 2.04. The second-order valence-electron chi connectivity index (χ2n) is 8.70. The second-order valence-corrected chi connectivity index (χ2v) is 9.88. The minimum Gasteiger partial charge on any atom is -0.356 e. The van der Waals surface area contributed by atoms with Crippen molar-refractivity contribution in [3.05, 3.63) is 12.2 Å². The topological polar surface area (TPSA) is 29.1 Å². The molecule has 0 aromatic heterocycles. The quantitative estimate of drug-likeness (QED) is 0.0803. The molecular weight excluding hydrogens is 406 g/mol. The van der Waals surface area contributed by atoms with E-state index in [9.17, 15) is 4.79 Å². The van der Waals surface area contributed by atoms with Crippen molar-refractivity contribution in [3.63, 3.8) is 0 Å². The van der Waals surface area contributed by atoms with Crippen molar-refractivity contribution in [2.75, 3.05) is 12.3 Å². The molecule has 1 amide bonds. The third kappa shape index (κ3) is 24.2. The first-order valence-electron chi connectivity index (χ1n) is 12.9. The molecule has 0 aromatic carbocycles. The van der Waals surface area contributed by atoms with Gasteiger partial charge in [-0.3, -0.25) is 4.79 Å². The number of carbonyl (C=O) groups is 1. The summed E-state index contributed by atoms with van der Waals surface area (Å²) >= 11 is 8.76. The summed E-state index contributed by atoms with van der Waals surface area (Å²) in [6.45, 7) is 3.12. The Kier molecular flexibility index (Phi) is 25.1. The molecule has 0 fully saturated rings. The summed E-state index contributed by atoms with van der Waals surface area (Å²) in [5.41, 5.74) is 0. The maximum atomic E-state index is 11.8. The fraction of sp³-hybridized carbons (Fsp3) is 0.885. The van der Waals surface area contributed by atoms with E-state index < -0.39 is 0 Å². The molecule has 0 saturated heterocycles. The molecule has 178 valence electrons. The zero-order valence-corrected chi connectivity index (χ0v) is 21.7. The van der Waals surface area contributed by atoms with Gasteiger partial charge in [0.2, 0.25) is 5.91 Å². The lowest BCUT2D eigenvalue weighted by atomic mass is 10.1. The molecule has 1 N–H and O–H groups in total. The van der Waals surface area contributed by atoms with E-state index in [-0.39, 0.29) is 5.91 Å². The fourth-order valence-electron chi connectivity index (χ4n) is 3.65. The number of hydrogen-bond acceptors (Lipinski definition) is 3. The van der Waals surface area contributed by atoms with Crippen LogP contribution in [-0.2, 0) is 4.79 Å². The van der Waals surface area contributed by atoms with E-state index in [1.807, 2.05) is 0 Å². The number of nitrogens with one attached hydrogen (secondary N) is 1. The smallest absolute Gasteiger partial charge is 0.219 e. The summed E-state index contributed by atoms with van der Waals surface area (Å²) in [6.07, 6.45) is 28.1. The number of thiol groups is 2. The van der Waals surface area contributed by atoms with E-state index in [1.54, 1.807) is 0 Å². The van der Waals surface area contributed by atoms with Crippen LogP contribution < -0.4 is 5.32 Å². The van der Waals surface area contributed by atoms with E-state index in [4.69, 9.17) is 0 Å². The Hall–Kier alpha value is -0.0900. The van der Waals surface area contributed by atoms with Crippen molar-refractivity contribution in [2.24, 2.45) is 0 Å². The zero-order valence-electron chi connectivity index (χ0n) is 19.9. The number of unbranched alkanes of at least 4 members (excludes halogenated alkanes) is 13. The molecule has 0 heterocycles. The molecule has 2 nitrogen and oxygen atoms in total. The van der Waals surface area contributed by atoms with Crippen LogP contribution in [0.25, 0.3) is 0 Å². The standard InChI is InChI=1S/C26H51NOS2/c1-2-3-4-5-6-7-8-9-10-11-12-13-14-15-16-19-23-27-26(28)21-18-17-20-25(30)22-24-29/h9-10,25,29-30H,2-8,11-24H2,1H3,(H,27,28)/b10-9+. The Morgan fingerprint density at radius 2 is 1.33 bits per heavy atom. The molecular formula is C26H51NOS2. The van der Waals surface area contributed by atoms with E-state index in [2.05, 4.69) is 49.7 Å². The van der Waals surface area contributed by atoms with Crippen LogP contribution in [0.4, 0.5) is 0 Å². The summed E-state index contributed by atoms with van der Waals surface area (Å²) in [5.74, 6) is 1.11. The Bertz CT molecular complexity index is 387. The van der Waals surface area contributed by atoms with Crippen molar-refractivity contribution in [3.8, 4) is 0 Å². The van der Waals surface area contributed by atoms with Gasteiger partial charge in [0.15, 0.2) is 0 Å². The van der Waals surface area contributed by atoms with Gasteiger partial charge in [0, 0.05) is 18.2 Å². The molecule has 30 heavy (non-hydrogen) atoms.